The van der Waals surface area contributed by atoms with Crippen LogP contribution < -0.4 is 14.8 Å². The molecule has 0 aliphatic carbocycles. The van der Waals surface area contributed by atoms with Gasteiger partial charge in [-0.15, -0.1) is 0 Å². The maximum atomic E-state index is 12.1. The van der Waals surface area contributed by atoms with Crippen LogP contribution in [-0.4, -0.2) is 69.1 Å². The first-order valence-corrected chi connectivity index (χ1v) is 10.6. The summed E-state index contributed by atoms with van der Waals surface area (Å²) in [6.45, 7) is 5.90. The molecule has 0 bridgehead atoms. The number of likely N-dealkylation sites (tertiary alicyclic amines) is 1. The Balaban J connectivity index is 1.94. The molecule has 1 aromatic rings. The van der Waals surface area contributed by atoms with Crippen LogP contribution >= 0.6 is 0 Å². The van der Waals surface area contributed by atoms with Crippen molar-refractivity contribution < 1.29 is 14.3 Å². The Labute approximate surface area is 175 Å². The number of nitrogens with one attached hydrogen (secondary N) is 1. The second-order valence-corrected chi connectivity index (χ2v) is 7.31. The molecule has 162 valence electrons. The average molecular weight is 405 g/mol. The molecule has 0 saturated carbocycles. The highest BCUT2D eigenvalue weighted by atomic mass is 16.5. The zero-order valence-electron chi connectivity index (χ0n) is 18.4. The highest BCUT2D eigenvalue weighted by molar-refractivity contribution is 5.79. The lowest BCUT2D eigenvalue weighted by Gasteiger charge is -2.24. The number of benzene rings is 1. The molecule has 1 amide bonds. The van der Waals surface area contributed by atoms with Crippen LogP contribution in [0.2, 0.25) is 0 Å². The normalized spacial score (nSPS) is 15.1. The van der Waals surface area contributed by atoms with E-state index in [1.165, 1.54) is 0 Å². The molecule has 0 atom stereocenters. The molecule has 1 N–H and O–H groups in total. The number of nitrogens with zero attached hydrogens (tertiary/aromatic N) is 3. The van der Waals surface area contributed by atoms with Crippen LogP contribution in [0.5, 0.6) is 11.5 Å². The summed E-state index contributed by atoms with van der Waals surface area (Å²) in [4.78, 5) is 21.0. The summed E-state index contributed by atoms with van der Waals surface area (Å²) in [6, 6.07) is 5.85. The van der Waals surface area contributed by atoms with Crippen LogP contribution in [0.1, 0.15) is 44.6 Å². The Hall–Kier alpha value is -2.44. The van der Waals surface area contributed by atoms with Gasteiger partial charge in [0.05, 0.1) is 14.2 Å². The molecule has 1 heterocycles. The molecule has 0 radical (unpaired) electrons. The van der Waals surface area contributed by atoms with Crippen molar-refractivity contribution >= 4 is 11.9 Å². The van der Waals surface area contributed by atoms with Crippen LogP contribution in [-0.2, 0) is 11.3 Å². The monoisotopic (exact) mass is 404 g/mol. The number of hydrogen-bond acceptors (Lipinski definition) is 4. The van der Waals surface area contributed by atoms with Gasteiger partial charge < -0.3 is 24.6 Å². The molecule has 7 nitrogen and oxygen atoms in total. The summed E-state index contributed by atoms with van der Waals surface area (Å²) in [6.07, 6.45) is 4.87. The Bertz CT molecular complexity index is 678. The quantitative estimate of drug-likeness (QED) is 0.389. The summed E-state index contributed by atoms with van der Waals surface area (Å²) >= 11 is 0. The molecular formula is C22H36N4O3. The highest BCUT2D eigenvalue weighted by Gasteiger charge is 2.16. The summed E-state index contributed by atoms with van der Waals surface area (Å²) < 4.78 is 10.8. The predicted octanol–water partition coefficient (Wildman–Crippen LogP) is 2.89. The van der Waals surface area contributed by atoms with Crippen LogP contribution in [0.15, 0.2) is 23.2 Å². The molecule has 2 rings (SSSR count). The van der Waals surface area contributed by atoms with Gasteiger partial charge >= 0.3 is 0 Å². The van der Waals surface area contributed by atoms with E-state index in [-0.39, 0.29) is 0 Å². The van der Waals surface area contributed by atoms with Gasteiger partial charge in [-0.25, -0.2) is 0 Å². The first kappa shape index (κ1) is 22.8. The van der Waals surface area contributed by atoms with Gasteiger partial charge in [-0.3, -0.25) is 9.79 Å². The topological polar surface area (TPSA) is 66.4 Å². The average Bonchev–Trinajstić information content (AvgIpc) is 2.94. The minimum atomic E-state index is 0.294. The fraction of sp³-hybridized carbons (Fsp3) is 0.636. The van der Waals surface area contributed by atoms with E-state index >= 15 is 0 Å². The molecule has 0 unspecified atom stereocenters. The smallest absolute Gasteiger partial charge is 0.222 e. The van der Waals surface area contributed by atoms with Crippen molar-refractivity contribution in [3.63, 3.8) is 0 Å². The van der Waals surface area contributed by atoms with Crippen molar-refractivity contribution in [3.05, 3.63) is 23.8 Å². The number of methoxy groups -OCH3 is 2. The fourth-order valence-electron chi connectivity index (χ4n) is 3.50. The van der Waals surface area contributed by atoms with Crippen molar-refractivity contribution in [1.29, 1.82) is 0 Å². The number of guanidine groups is 1. The Morgan fingerprint density at radius 3 is 2.79 bits per heavy atom. The Morgan fingerprint density at radius 1 is 1.24 bits per heavy atom. The van der Waals surface area contributed by atoms with E-state index in [4.69, 9.17) is 14.5 Å². The molecule has 7 heteroatoms. The van der Waals surface area contributed by atoms with Crippen molar-refractivity contribution in [2.45, 2.75) is 45.6 Å². The predicted molar refractivity (Wildman–Crippen MR) is 117 cm³/mol. The number of amides is 1. The van der Waals surface area contributed by atoms with Gasteiger partial charge in [0.2, 0.25) is 5.91 Å². The van der Waals surface area contributed by atoms with Gasteiger partial charge in [0.15, 0.2) is 5.96 Å². The van der Waals surface area contributed by atoms with E-state index in [0.717, 1.165) is 68.3 Å². The van der Waals surface area contributed by atoms with E-state index in [1.807, 2.05) is 30.1 Å². The van der Waals surface area contributed by atoms with Crippen LogP contribution in [0.3, 0.4) is 0 Å². The minimum Gasteiger partial charge on any atom is -0.497 e. The van der Waals surface area contributed by atoms with E-state index in [9.17, 15) is 4.79 Å². The third kappa shape index (κ3) is 7.15. The van der Waals surface area contributed by atoms with Crippen molar-refractivity contribution in [3.8, 4) is 11.5 Å². The molecular weight excluding hydrogens is 368 g/mol. The SMILES string of the molecule is CCNC(=NCCCN1CCCCCC1=O)N(C)Cc1ccc(OC)cc1OC. The van der Waals surface area contributed by atoms with E-state index in [0.29, 0.717) is 25.4 Å². The number of aliphatic imine (C=N–C) groups is 1. The van der Waals surface area contributed by atoms with Gasteiger partial charge in [-0.1, -0.05) is 6.42 Å². The highest BCUT2D eigenvalue weighted by Crippen LogP contribution is 2.25. The van der Waals surface area contributed by atoms with E-state index in [2.05, 4.69) is 17.1 Å². The van der Waals surface area contributed by atoms with Crippen LogP contribution in [0.25, 0.3) is 0 Å². The maximum Gasteiger partial charge on any atom is 0.222 e. The first-order chi connectivity index (χ1) is 14.1. The lowest BCUT2D eigenvalue weighted by molar-refractivity contribution is -0.130. The summed E-state index contributed by atoms with van der Waals surface area (Å²) in [5.41, 5.74) is 1.07. The van der Waals surface area contributed by atoms with Gasteiger partial charge in [-0.2, -0.15) is 0 Å². The lowest BCUT2D eigenvalue weighted by atomic mass is 10.2. The number of carbonyl (C=O) groups excluding carboxylic acids is 1. The van der Waals surface area contributed by atoms with Gasteiger partial charge in [-0.05, 0) is 38.3 Å². The standard InChI is InChI=1S/C22H36N4O3/c1-5-23-22(24-13-9-15-26-14-8-6-7-10-21(26)27)25(2)17-18-11-12-19(28-3)16-20(18)29-4/h11-12,16H,5-10,13-15,17H2,1-4H3,(H,23,24). The van der Waals surface area contributed by atoms with Crippen LogP contribution in [0, 0.1) is 0 Å². The molecule has 1 fully saturated rings. The van der Waals surface area contributed by atoms with Gasteiger partial charge in [0.25, 0.3) is 0 Å². The van der Waals surface area contributed by atoms with E-state index < -0.39 is 0 Å². The first-order valence-electron chi connectivity index (χ1n) is 10.6. The summed E-state index contributed by atoms with van der Waals surface area (Å²) in [5, 5.41) is 3.35. The molecule has 0 aromatic heterocycles. The fourth-order valence-corrected chi connectivity index (χ4v) is 3.50. The molecule has 1 aliphatic heterocycles. The number of carbonyl (C=O) groups is 1. The zero-order chi connectivity index (χ0) is 21.1. The number of hydrogen-bond donors (Lipinski definition) is 1. The third-order valence-corrected chi connectivity index (χ3v) is 5.12. The molecule has 29 heavy (non-hydrogen) atoms. The van der Waals surface area contributed by atoms with Crippen molar-refractivity contribution in [1.82, 2.24) is 15.1 Å². The largest absolute Gasteiger partial charge is 0.497 e. The molecule has 0 spiro atoms. The van der Waals surface area contributed by atoms with Crippen LogP contribution in [0.4, 0.5) is 0 Å². The molecule has 1 aromatic carbocycles. The molecule has 1 aliphatic rings. The Kier molecular flexibility index (Phi) is 9.60. The minimum absolute atomic E-state index is 0.294. The Morgan fingerprint density at radius 2 is 2.07 bits per heavy atom. The molecule has 1 saturated heterocycles. The van der Waals surface area contributed by atoms with Gasteiger partial charge in [0, 0.05) is 57.8 Å². The number of rotatable bonds is 9. The third-order valence-electron chi connectivity index (χ3n) is 5.12. The van der Waals surface area contributed by atoms with E-state index in [1.54, 1.807) is 14.2 Å². The summed E-state index contributed by atoms with van der Waals surface area (Å²) in [5.74, 6) is 2.72. The maximum absolute atomic E-state index is 12.1. The van der Waals surface area contributed by atoms with Crippen molar-refractivity contribution in [2.75, 3.05) is 47.4 Å². The summed E-state index contributed by atoms with van der Waals surface area (Å²) in [7, 11) is 5.33. The van der Waals surface area contributed by atoms with Gasteiger partial charge in [0.1, 0.15) is 11.5 Å². The lowest BCUT2D eigenvalue weighted by Crippen LogP contribution is -2.38. The second-order valence-electron chi connectivity index (χ2n) is 7.31. The second kappa shape index (κ2) is 12.2. The number of ether oxygens (including phenoxy) is 2. The van der Waals surface area contributed by atoms with Crippen molar-refractivity contribution in [2.24, 2.45) is 4.99 Å². The zero-order valence-corrected chi connectivity index (χ0v) is 18.4.